The second-order valence-electron chi connectivity index (χ2n) is 8.67. The fourth-order valence-electron chi connectivity index (χ4n) is 4.32. The smallest absolute Gasteiger partial charge is 0.300 e. The summed E-state index contributed by atoms with van der Waals surface area (Å²) in [5.74, 6) is 0.0598. The molecule has 192 valence electrons. The van der Waals surface area contributed by atoms with Crippen molar-refractivity contribution in [1.82, 2.24) is 0 Å². The van der Waals surface area contributed by atoms with Crippen LogP contribution in [0.2, 0.25) is 0 Å². The molecule has 0 aliphatic carbocycles. The zero-order valence-electron chi connectivity index (χ0n) is 21.3. The molecule has 4 rings (SSSR count). The van der Waals surface area contributed by atoms with Crippen molar-refractivity contribution in [2.75, 3.05) is 26.2 Å². The first kappa shape index (κ1) is 25.6. The highest BCUT2D eigenvalue weighted by atomic mass is 16.5. The lowest BCUT2D eigenvalue weighted by Crippen LogP contribution is -2.29. The largest absolute Gasteiger partial charge is 0.507 e. The Morgan fingerprint density at radius 1 is 0.838 bits per heavy atom. The molecule has 1 aliphatic rings. The Bertz CT molecular complexity index is 1340. The number of aliphatic hydroxyl groups excluding tert-OH is 1. The van der Waals surface area contributed by atoms with E-state index >= 15 is 0 Å². The van der Waals surface area contributed by atoms with Crippen molar-refractivity contribution < 1.29 is 33.6 Å². The van der Waals surface area contributed by atoms with E-state index in [0.717, 1.165) is 0 Å². The van der Waals surface area contributed by atoms with Gasteiger partial charge in [0.2, 0.25) is 0 Å². The number of anilines is 1. The third-order valence-electron chi connectivity index (χ3n) is 6.00. The first-order valence-electron chi connectivity index (χ1n) is 11.7. The summed E-state index contributed by atoms with van der Waals surface area (Å²) in [7, 11) is 4.50. The van der Waals surface area contributed by atoms with Gasteiger partial charge in [-0.15, -0.1) is 0 Å². The maximum Gasteiger partial charge on any atom is 0.300 e. The van der Waals surface area contributed by atoms with E-state index in [1.165, 1.54) is 26.2 Å². The fraction of sp³-hybridized carbons (Fsp3) is 0.241. The Labute approximate surface area is 215 Å². The highest BCUT2D eigenvalue weighted by Gasteiger charge is 2.47. The van der Waals surface area contributed by atoms with Crippen LogP contribution in [-0.4, -0.2) is 44.2 Å². The molecule has 1 aliphatic heterocycles. The van der Waals surface area contributed by atoms with E-state index in [0.29, 0.717) is 34.2 Å². The molecular weight excluding hydrogens is 474 g/mol. The molecule has 1 fully saturated rings. The molecule has 0 radical (unpaired) electrons. The molecule has 8 heteroatoms. The topological polar surface area (TPSA) is 94.5 Å². The van der Waals surface area contributed by atoms with Crippen molar-refractivity contribution >= 4 is 23.1 Å². The highest BCUT2D eigenvalue weighted by Crippen LogP contribution is 2.44. The third-order valence-corrected chi connectivity index (χ3v) is 6.00. The first-order valence-corrected chi connectivity index (χ1v) is 11.7. The molecule has 1 atom stereocenters. The first-order chi connectivity index (χ1) is 17.8. The second-order valence-corrected chi connectivity index (χ2v) is 8.67. The lowest BCUT2D eigenvalue weighted by molar-refractivity contribution is -0.132. The van der Waals surface area contributed by atoms with Gasteiger partial charge in [0.25, 0.3) is 11.7 Å². The van der Waals surface area contributed by atoms with Crippen LogP contribution in [0, 0.1) is 0 Å². The molecule has 3 aromatic rings. The number of Topliss-reactive ketones (excluding diaryl/α,β-unsaturated/α-hetero) is 1. The van der Waals surface area contributed by atoms with Crippen LogP contribution in [0.1, 0.15) is 31.0 Å². The summed E-state index contributed by atoms with van der Waals surface area (Å²) < 4.78 is 21.8. The molecule has 1 saturated heterocycles. The number of carbonyl (C=O) groups excluding carboxylic acids is 2. The number of hydrogen-bond acceptors (Lipinski definition) is 7. The van der Waals surface area contributed by atoms with Gasteiger partial charge in [-0.05, 0) is 67.9 Å². The van der Waals surface area contributed by atoms with E-state index < -0.39 is 17.7 Å². The van der Waals surface area contributed by atoms with E-state index in [-0.39, 0.29) is 23.0 Å². The van der Waals surface area contributed by atoms with Gasteiger partial charge in [-0.25, -0.2) is 0 Å². The minimum Gasteiger partial charge on any atom is -0.507 e. The van der Waals surface area contributed by atoms with Crippen LogP contribution in [0.4, 0.5) is 5.69 Å². The van der Waals surface area contributed by atoms with Crippen molar-refractivity contribution in [3.63, 3.8) is 0 Å². The standard InChI is InChI=1S/C29H29NO7/c1-17(2)37-20-11-9-19(10-12-20)30-26(18-7-6-8-21(15-18)34-3)25(28(32)29(30)33)27(31)23-14-13-22(35-4)16-24(23)36-5/h6-17,26,31H,1-5H3/b27-25-. The average molecular weight is 504 g/mol. The molecule has 0 bridgehead atoms. The normalized spacial score (nSPS) is 16.7. The lowest BCUT2D eigenvalue weighted by Gasteiger charge is -2.26. The molecule has 1 N–H and O–H groups in total. The Hall–Kier alpha value is -4.46. The molecule has 0 saturated carbocycles. The molecular formula is C29H29NO7. The van der Waals surface area contributed by atoms with Crippen LogP contribution in [0.3, 0.4) is 0 Å². The number of carbonyl (C=O) groups is 2. The van der Waals surface area contributed by atoms with Crippen LogP contribution in [0.5, 0.6) is 23.0 Å². The summed E-state index contributed by atoms with van der Waals surface area (Å²) in [6.07, 6.45) is -0.0173. The Kier molecular flexibility index (Phi) is 7.38. The van der Waals surface area contributed by atoms with Gasteiger partial charge in [0, 0.05) is 11.8 Å². The summed E-state index contributed by atoms with van der Waals surface area (Å²) in [5, 5.41) is 11.5. The van der Waals surface area contributed by atoms with Crippen LogP contribution in [0.15, 0.2) is 72.3 Å². The number of methoxy groups -OCH3 is 3. The van der Waals surface area contributed by atoms with Crippen molar-refractivity contribution in [2.24, 2.45) is 0 Å². The summed E-state index contributed by atoms with van der Waals surface area (Å²) in [6, 6.07) is 17.9. The van der Waals surface area contributed by atoms with Gasteiger partial charge in [0.05, 0.1) is 44.6 Å². The lowest BCUT2D eigenvalue weighted by atomic mass is 9.94. The zero-order chi connectivity index (χ0) is 26.7. The number of rotatable bonds is 8. The van der Waals surface area contributed by atoms with E-state index in [4.69, 9.17) is 18.9 Å². The fourth-order valence-corrected chi connectivity index (χ4v) is 4.32. The molecule has 3 aromatic carbocycles. The van der Waals surface area contributed by atoms with Crippen molar-refractivity contribution in [3.8, 4) is 23.0 Å². The number of aliphatic hydroxyl groups is 1. The van der Waals surface area contributed by atoms with Gasteiger partial charge in [0.15, 0.2) is 0 Å². The monoisotopic (exact) mass is 503 g/mol. The maximum atomic E-state index is 13.4. The zero-order valence-corrected chi connectivity index (χ0v) is 21.3. The average Bonchev–Trinajstić information content (AvgIpc) is 3.18. The van der Waals surface area contributed by atoms with Crippen molar-refractivity contribution in [3.05, 3.63) is 83.4 Å². The van der Waals surface area contributed by atoms with Crippen LogP contribution < -0.4 is 23.8 Å². The number of hydrogen-bond donors (Lipinski definition) is 1. The number of ketones is 1. The molecule has 1 unspecified atom stereocenters. The van der Waals surface area contributed by atoms with Crippen molar-refractivity contribution in [2.45, 2.75) is 26.0 Å². The number of ether oxygens (including phenoxy) is 4. The SMILES string of the molecule is COc1cccc(C2/C(=C(/O)c3ccc(OC)cc3OC)C(=O)C(=O)N2c2ccc(OC(C)C)cc2)c1. The molecule has 37 heavy (non-hydrogen) atoms. The maximum absolute atomic E-state index is 13.4. The third kappa shape index (κ3) is 4.95. The Morgan fingerprint density at radius 2 is 1.49 bits per heavy atom. The predicted molar refractivity (Wildman–Crippen MR) is 140 cm³/mol. The molecule has 0 aromatic heterocycles. The van der Waals surface area contributed by atoms with Gasteiger partial charge < -0.3 is 24.1 Å². The van der Waals surface area contributed by atoms with Gasteiger partial charge in [0.1, 0.15) is 28.8 Å². The van der Waals surface area contributed by atoms with Crippen molar-refractivity contribution in [1.29, 1.82) is 0 Å². The minimum atomic E-state index is -0.918. The van der Waals surface area contributed by atoms with Gasteiger partial charge in [-0.3, -0.25) is 14.5 Å². The summed E-state index contributed by atoms with van der Waals surface area (Å²) >= 11 is 0. The summed E-state index contributed by atoms with van der Waals surface area (Å²) in [4.78, 5) is 28.2. The number of nitrogens with zero attached hydrogens (tertiary/aromatic N) is 1. The predicted octanol–water partition coefficient (Wildman–Crippen LogP) is 5.13. The summed E-state index contributed by atoms with van der Waals surface area (Å²) in [5.41, 5.74) is 1.26. The minimum absolute atomic E-state index is 0.0173. The van der Waals surface area contributed by atoms with Gasteiger partial charge in [-0.1, -0.05) is 12.1 Å². The number of amides is 1. The quantitative estimate of drug-likeness (QED) is 0.259. The summed E-state index contributed by atoms with van der Waals surface area (Å²) in [6.45, 7) is 3.84. The Balaban J connectivity index is 1.91. The number of benzene rings is 3. The van der Waals surface area contributed by atoms with Crippen LogP contribution >= 0.6 is 0 Å². The molecule has 1 amide bonds. The van der Waals surface area contributed by atoms with E-state index in [1.807, 2.05) is 13.8 Å². The van der Waals surface area contributed by atoms with Gasteiger partial charge in [-0.2, -0.15) is 0 Å². The Morgan fingerprint density at radius 3 is 2.11 bits per heavy atom. The second kappa shape index (κ2) is 10.7. The van der Waals surface area contributed by atoms with E-state index in [2.05, 4.69) is 0 Å². The van der Waals surface area contributed by atoms with E-state index in [1.54, 1.807) is 66.7 Å². The van der Waals surface area contributed by atoms with Crippen LogP contribution in [-0.2, 0) is 9.59 Å². The van der Waals surface area contributed by atoms with E-state index in [9.17, 15) is 14.7 Å². The molecule has 0 spiro atoms. The van der Waals surface area contributed by atoms with Crippen LogP contribution in [0.25, 0.3) is 5.76 Å². The highest BCUT2D eigenvalue weighted by molar-refractivity contribution is 6.51. The molecule has 8 nitrogen and oxygen atoms in total. The van der Waals surface area contributed by atoms with Gasteiger partial charge >= 0.3 is 0 Å². The molecule has 1 heterocycles.